The topological polar surface area (TPSA) is 70.8 Å². The van der Waals surface area contributed by atoms with E-state index in [-0.39, 0.29) is 26.6 Å². The summed E-state index contributed by atoms with van der Waals surface area (Å²) < 4.78 is 88.7. The van der Waals surface area contributed by atoms with E-state index in [4.69, 9.17) is 0 Å². The first-order chi connectivity index (χ1) is 12.5. The second-order valence-electron chi connectivity index (χ2n) is 5.37. The summed E-state index contributed by atoms with van der Waals surface area (Å²) in [6, 6.07) is 4.05. The van der Waals surface area contributed by atoms with E-state index in [2.05, 4.69) is 9.97 Å². The van der Waals surface area contributed by atoms with E-state index in [1.54, 1.807) is 6.92 Å². The molecule has 5 nitrogen and oxygen atoms in total. The summed E-state index contributed by atoms with van der Waals surface area (Å²) in [4.78, 5) is 19.6. The first-order valence-electron chi connectivity index (χ1n) is 7.47. The third-order valence-electron chi connectivity index (χ3n) is 3.43. The van der Waals surface area contributed by atoms with Crippen LogP contribution >= 0.6 is 0 Å². The fourth-order valence-corrected chi connectivity index (χ4v) is 3.06. The van der Waals surface area contributed by atoms with Crippen molar-refractivity contribution < 1.29 is 30.9 Å². The zero-order chi connectivity index (χ0) is 20.4. The lowest BCUT2D eigenvalue weighted by Gasteiger charge is -2.23. The van der Waals surface area contributed by atoms with Gasteiger partial charge in [0.2, 0.25) is 0 Å². The monoisotopic (exact) mass is 413 g/mol. The van der Waals surface area contributed by atoms with E-state index < -0.39 is 41.7 Å². The standard InChI is InChI=1S/C15H13F6N3O2S/c1-2-27(26)10-4-3-6-22-11(10)9-5-7-24(13(25)23-9)8-14(17,18)12(16)15(19,20)21/h3-7,12H,2,8H2,1H3. The number of aromatic nitrogens is 3. The molecule has 0 aromatic carbocycles. The maximum atomic E-state index is 13.5. The molecule has 0 spiro atoms. The molecule has 0 aliphatic heterocycles. The summed E-state index contributed by atoms with van der Waals surface area (Å²) in [5, 5.41) is 0. The molecule has 0 aliphatic rings. The van der Waals surface area contributed by atoms with Crippen molar-refractivity contribution in [2.24, 2.45) is 0 Å². The van der Waals surface area contributed by atoms with E-state index in [0.717, 1.165) is 12.3 Å². The molecule has 0 N–H and O–H groups in total. The number of halogens is 6. The minimum Gasteiger partial charge on any atom is -0.611 e. The van der Waals surface area contributed by atoms with Crippen molar-refractivity contribution in [1.82, 2.24) is 14.5 Å². The zero-order valence-corrected chi connectivity index (χ0v) is 14.5. The van der Waals surface area contributed by atoms with Crippen LogP contribution in [0.2, 0.25) is 0 Å². The van der Waals surface area contributed by atoms with Gasteiger partial charge in [-0.3, -0.25) is 4.57 Å². The Balaban J connectivity index is 2.36. The number of nitrogens with zero attached hydrogens (tertiary/aromatic N) is 3. The molecule has 12 heteroatoms. The molecule has 2 rings (SSSR count). The molecule has 0 aliphatic carbocycles. The molecule has 2 heterocycles. The number of rotatable bonds is 6. The molecule has 0 amide bonds. The average Bonchev–Trinajstić information content (AvgIpc) is 2.61. The fourth-order valence-electron chi connectivity index (χ4n) is 2.15. The molecular formula is C15H13F6N3O2S. The highest BCUT2D eigenvalue weighted by Crippen LogP contribution is 2.35. The lowest BCUT2D eigenvalue weighted by molar-refractivity contribution is -0.247. The van der Waals surface area contributed by atoms with Crippen LogP contribution in [0.5, 0.6) is 0 Å². The van der Waals surface area contributed by atoms with Gasteiger partial charge >= 0.3 is 17.8 Å². The SMILES string of the molecule is CC[S+]([O-])c1cccnc1-c1ccn(CC(F)(F)C(F)C(F)(F)F)c(=O)n1. The van der Waals surface area contributed by atoms with Gasteiger partial charge in [-0.25, -0.2) is 22.9 Å². The van der Waals surface area contributed by atoms with Crippen LogP contribution in [0.3, 0.4) is 0 Å². The molecule has 2 aromatic heterocycles. The highest BCUT2D eigenvalue weighted by atomic mass is 32.2. The Hall–Kier alpha value is -2.08. The molecule has 0 bridgehead atoms. The average molecular weight is 413 g/mol. The molecule has 0 saturated carbocycles. The van der Waals surface area contributed by atoms with Crippen molar-refractivity contribution >= 4 is 11.2 Å². The Kier molecular flexibility index (Phi) is 6.20. The molecule has 0 radical (unpaired) electrons. The quantitative estimate of drug-likeness (QED) is 0.539. The van der Waals surface area contributed by atoms with Crippen molar-refractivity contribution in [3.8, 4) is 11.4 Å². The summed E-state index contributed by atoms with van der Waals surface area (Å²) in [5.74, 6) is -4.61. The van der Waals surface area contributed by atoms with E-state index in [1.165, 1.54) is 18.3 Å². The van der Waals surface area contributed by atoms with E-state index in [1.807, 2.05) is 0 Å². The number of hydrogen-bond acceptors (Lipinski definition) is 4. The van der Waals surface area contributed by atoms with Crippen LogP contribution in [-0.2, 0) is 17.7 Å². The highest BCUT2D eigenvalue weighted by Gasteiger charge is 2.57. The van der Waals surface area contributed by atoms with Gasteiger partial charge in [-0.2, -0.15) is 18.2 Å². The van der Waals surface area contributed by atoms with Gasteiger partial charge in [-0.05, 0) is 36.3 Å². The van der Waals surface area contributed by atoms with Gasteiger partial charge < -0.3 is 4.55 Å². The lowest BCUT2D eigenvalue weighted by Crippen LogP contribution is -2.46. The Labute approximate surface area is 152 Å². The Bertz CT molecular complexity index is 858. The maximum absolute atomic E-state index is 13.5. The molecule has 2 aromatic rings. The molecule has 27 heavy (non-hydrogen) atoms. The van der Waals surface area contributed by atoms with Crippen LogP contribution < -0.4 is 5.69 Å². The van der Waals surface area contributed by atoms with Gasteiger partial charge in [0.25, 0.3) is 6.17 Å². The van der Waals surface area contributed by atoms with E-state index in [9.17, 15) is 35.7 Å². The maximum Gasteiger partial charge on any atom is 0.425 e. The summed E-state index contributed by atoms with van der Waals surface area (Å²) in [7, 11) is 0. The fraction of sp³-hybridized carbons (Fsp3) is 0.400. The minimum absolute atomic E-state index is 0.0763. The van der Waals surface area contributed by atoms with Crippen LogP contribution in [0.1, 0.15) is 6.92 Å². The first kappa shape index (κ1) is 21.2. The van der Waals surface area contributed by atoms with Gasteiger partial charge in [-0.15, -0.1) is 0 Å². The third kappa shape index (κ3) is 4.80. The van der Waals surface area contributed by atoms with Gasteiger partial charge in [0.15, 0.2) is 4.90 Å². The largest absolute Gasteiger partial charge is 0.611 e. The van der Waals surface area contributed by atoms with Crippen LogP contribution in [0.15, 0.2) is 40.3 Å². The lowest BCUT2D eigenvalue weighted by atomic mass is 10.2. The van der Waals surface area contributed by atoms with Gasteiger partial charge in [-0.1, -0.05) is 0 Å². The minimum atomic E-state index is -5.77. The molecule has 2 unspecified atom stereocenters. The van der Waals surface area contributed by atoms with Gasteiger partial charge in [0.1, 0.15) is 17.1 Å². The van der Waals surface area contributed by atoms with Crippen LogP contribution in [0.4, 0.5) is 26.3 Å². The van der Waals surface area contributed by atoms with Crippen molar-refractivity contribution in [3.05, 3.63) is 41.1 Å². The predicted octanol–water partition coefficient (Wildman–Crippen LogP) is 2.97. The van der Waals surface area contributed by atoms with E-state index in [0.29, 0.717) is 0 Å². The second kappa shape index (κ2) is 7.89. The van der Waals surface area contributed by atoms with E-state index >= 15 is 0 Å². The highest BCUT2D eigenvalue weighted by molar-refractivity contribution is 7.91. The second-order valence-corrected chi connectivity index (χ2v) is 7.08. The van der Waals surface area contributed by atoms with Crippen molar-refractivity contribution in [2.45, 2.75) is 36.6 Å². The Morgan fingerprint density at radius 2 is 1.93 bits per heavy atom. The van der Waals surface area contributed by atoms with Gasteiger partial charge in [0.05, 0.1) is 6.54 Å². The summed E-state index contributed by atoms with van der Waals surface area (Å²) in [5.41, 5.74) is -1.34. The number of pyridine rings is 1. The van der Waals surface area contributed by atoms with Crippen LogP contribution in [0, 0.1) is 0 Å². The normalized spacial score (nSPS) is 14.8. The Morgan fingerprint density at radius 3 is 2.48 bits per heavy atom. The summed E-state index contributed by atoms with van der Waals surface area (Å²) in [6.45, 7) is -0.190. The smallest absolute Gasteiger partial charge is 0.425 e. The summed E-state index contributed by atoms with van der Waals surface area (Å²) >= 11 is -1.45. The number of alkyl halides is 6. The summed E-state index contributed by atoms with van der Waals surface area (Å²) in [6.07, 6.45) is -8.10. The first-order valence-corrected chi connectivity index (χ1v) is 8.79. The zero-order valence-electron chi connectivity index (χ0n) is 13.7. The Morgan fingerprint density at radius 1 is 1.26 bits per heavy atom. The van der Waals surface area contributed by atoms with Crippen molar-refractivity contribution in [3.63, 3.8) is 0 Å². The van der Waals surface area contributed by atoms with Crippen molar-refractivity contribution in [1.29, 1.82) is 0 Å². The molecular weight excluding hydrogens is 400 g/mol. The molecule has 148 valence electrons. The molecule has 0 saturated heterocycles. The predicted molar refractivity (Wildman–Crippen MR) is 84.6 cm³/mol. The third-order valence-corrected chi connectivity index (χ3v) is 4.78. The van der Waals surface area contributed by atoms with Crippen LogP contribution in [0.25, 0.3) is 11.4 Å². The number of hydrogen-bond donors (Lipinski definition) is 0. The molecule has 0 fully saturated rings. The van der Waals surface area contributed by atoms with Crippen LogP contribution in [-0.4, -0.2) is 43.1 Å². The molecule has 2 atom stereocenters. The van der Waals surface area contributed by atoms with Gasteiger partial charge in [0, 0.05) is 12.4 Å². The van der Waals surface area contributed by atoms with Crippen molar-refractivity contribution in [2.75, 3.05) is 5.75 Å².